The average molecular weight is 251 g/mol. The third-order valence-electron chi connectivity index (χ3n) is 2.35. The van der Waals surface area contributed by atoms with Crippen LogP contribution in [0.1, 0.15) is 26.2 Å². The van der Waals surface area contributed by atoms with Crippen molar-refractivity contribution in [3.63, 3.8) is 0 Å². The quantitative estimate of drug-likeness (QED) is 0.810. The molecule has 0 atom stereocenters. The maximum Gasteiger partial charge on any atom is 0.303 e. The second-order valence-electron chi connectivity index (χ2n) is 4.76. The number of rotatable bonds is 5. The molecule has 2 aromatic rings. The van der Waals surface area contributed by atoms with Gasteiger partial charge in [0.1, 0.15) is 6.33 Å². The molecule has 18 heavy (non-hydrogen) atoms. The van der Waals surface area contributed by atoms with Gasteiger partial charge in [-0.2, -0.15) is 10.1 Å². The Hall–Kier alpha value is -2.25. The molecule has 0 unspecified atom stereocenters. The lowest BCUT2D eigenvalue weighted by Gasteiger charge is -2.19. The van der Waals surface area contributed by atoms with Crippen molar-refractivity contribution in [2.45, 2.75) is 26.7 Å². The molecule has 0 saturated heterocycles. The fourth-order valence-corrected chi connectivity index (χ4v) is 1.62. The summed E-state index contributed by atoms with van der Waals surface area (Å²) in [4.78, 5) is 18.7. The summed E-state index contributed by atoms with van der Waals surface area (Å²) in [7, 11) is 0. The van der Waals surface area contributed by atoms with Gasteiger partial charge in [-0.3, -0.25) is 9.89 Å². The van der Waals surface area contributed by atoms with Crippen molar-refractivity contribution in [3.05, 3.63) is 12.2 Å². The zero-order chi connectivity index (χ0) is 13.2. The van der Waals surface area contributed by atoms with Crippen LogP contribution in [0.3, 0.4) is 0 Å². The van der Waals surface area contributed by atoms with E-state index in [1.54, 1.807) is 0 Å². The van der Waals surface area contributed by atoms with E-state index < -0.39 is 11.4 Å². The topological polar surface area (TPSA) is 118 Å². The molecule has 0 amide bonds. The van der Waals surface area contributed by atoms with Gasteiger partial charge in [0.05, 0.1) is 6.42 Å². The van der Waals surface area contributed by atoms with Crippen LogP contribution in [0.2, 0.25) is 0 Å². The van der Waals surface area contributed by atoms with Crippen molar-refractivity contribution >= 4 is 5.97 Å². The number of aromatic amines is 1. The van der Waals surface area contributed by atoms with Gasteiger partial charge in [0.2, 0.25) is 11.7 Å². The highest BCUT2D eigenvalue weighted by molar-refractivity contribution is 5.67. The van der Waals surface area contributed by atoms with E-state index in [0.717, 1.165) is 0 Å². The SMILES string of the molecule is CC(C)(CC(=O)O)Cc1nc(-c2ncn[nH]2)no1. The van der Waals surface area contributed by atoms with Crippen LogP contribution in [-0.2, 0) is 11.2 Å². The molecule has 0 radical (unpaired) electrons. The summed E-state index contributed by atoms with van der Waals surface area (Å²) in [5, 5.41) is 18.9. The van der Waals surface area contributed by atoms with Crippen LogP contribution >= 0.6 is 0 Å². The monoisotopic (exact) mass is 251 g/mol. The second kappa shape index (κ2) is 4.55. The molecule has 8 heteroatoms. The van der Waals surface area contributed by atoms with Crippen molar-refractivity contribution < 1.29 is 14.4 Å². The first kappa shape index (κ1) is 12.2. The predicted octanol–water partition coefficient (Wildman–Crippen LogP) is 0.898. The standard InChI is InChI=1S/C10H13N5O3/c1-10(2,4-7(16)17)3-6-13-9(15-18-6)8-11-5-12-14-8/h5H,3-4H2,1-2H3,(H,16,17)(H,11,12,14). The smallest absolute Gasteiger partial charge is 0.303 e. The van der Waals surface area contributed by atoms with E-state index in [4.69, 9.17) is 9.63 Å². The molecule has 2 aromatic heterocycles. The molecule has 0 fully saturated rings. The van der Waals surface area contributed by atoms with E-state index >= 15 is 0 Å². The number of hydrogen-bond donors (Lipinski definition) is 2. The minimum atomic E-state index is -0.852. The van der Waals surface area contributed by atoms with Gasteiger partial charge in [0, 0.05) is 6.42 Å². The Balaban J connectivity index is 2.09. The van der Waals surface area contributed by atoms with Gasteiger partial charge in [-0.25, -0.2) is 4.98 Å². The van der Waals surface area contributed by atoms with Crippen LogP contribution in [0, 0.1) is 5.41 Å². The van der Waals surface area contributed by atoms with Crippen LogP contribution in [0.15, 0.2) is 10.9 Å². The zero-order valence-electron chi connectivity index (χ0n) is 10.0. The molecule has 0 aliphatic heterocycles. The number of aliphatic carboxylic acids is 1. The third-order valence-corrected chi connectivity index (χ3v) is 2.35. The van der Waals surface area contributed by atoms with Gasteiger partial charge in [-0.1, -0.05) is 19.0 Å². The highest BCUT2D eigenvalue weighted by atomic mass is 16.5. The van der Waals surface area contributed by atoms with E-state index in [9.17, 15) is 4.79 Å². The number of aromatic nitrogens is 5. The summed E-state index contributed by atoms with van der Waals surface area (Å²) in [6, 6.07) is 0. The third kappa shape index (κ3) is 2.90. The molecule has 0 saturated carbocycles. The maximum atomic E-state index is 10.7. The van der Waals surface area contributed by atoms with E-state index in [1.165, 1.54) is 6.33 Å². The van der Waals surface area contributed by atoms with E-state index in [0.29, 0.717) is 24.0 Å². The van der Waals surface area contributed by atoms with Gasteiger partial charge >= 0.3 is 5.97 Å². The molecular formula is C10H13N5O3. The number of nitrogens with one attached hydrogen (secondary N) is 1. The van der Waals surface area contributed by atoms with Crippen LogP contribution in [-0.4, -0.2) is 36.4 Å². The minimum absolute atomic E-state index is 0.0347. The van der Waals surface area contributed by atoms with Crippen LogP contribution < -0.4 is 0 Å². The van der Waals surface area contributed by atoms with Gasteiger partial charge < -0.3 is 9.63 Å². The molecule has 0 aromatic carbocycles. The highest BCUT2D eigenvalue weighted by Gasteiger charge is 2.25. The molecule has 2 N–H and O–H groups in total. The first-order chi connectivity index (χ1) is 8.46. The summed E-state index contributed by atoms with van der Waals surface area (Å²) in [6.45, 7) is 3.67. The van der Waals surface area contributed by atoms with Crippen molar-refractivity contribution in [1.29, 1.82) is 0 Å². The molecule has 0 aliphatic rings. The summed E-state index contributed by atoms with van der Waals surface area (Å²) in [5.41, 5.74) is -0.447. The fourth-order valence-electron chi connectivity index (χ4n) is 1.62. The Morgan fingerprint density at radius 1 is 1.56 bits per heavy atom. The molecule has 2 rings (SSSR count). The van der Waals surface area contributed by atoms with Crippen LogP contribution in [0.5, 0.6) is 0 Å². The fraction of sp³-hybridized carbons (Fsp3) is 0.500. The summed E-state index contributed by atoms with van der Waals surface area (Å²) < 4.78 is 5.06. The molecule has 0 aliphatic carbocycles. The Morgan fingerprint density at radius 3 is 2.94 bits per heavy atom. The van der Waals surface area contributed by atoms with Crippen molar-refractivity contribution in [3.8, 4) is 11.6 Å². The Labute approximate surface area is 102 Å². The number of nitrogens with zero attached hydrogens (tertiary/aromatic N) is 4. The minimum Gasteiger partial charge on any atom is -0.481 e. The number of carboxylic acids is 1. The average Bonchev–Trinajstić information content (AvgIpc) is 2.82. The normalized spacial score (nSPS) is 11.7. The number of hydrogen-bond acceptors (Lipinski definition) is 6. The first-order valence-electron chi connectivity index (χ1n) is 5.36. The predicted molar refractivity (Wildman–Crippen MR) is 59.4 cm³/mol. The van der Waals surface area contributed by atoms with Gasteiger partial charge in [0.15, 0.2) is 5.82 Å². The molecule has 8 nitrogen and oxygen atoms in total. The lowest BCUT2D eigenvalue weighted by atomic mass is 9.86. The Kier molecular flexibility index (Phi) is 3.09. The van der Waals surface area contributed by atoms with E-state index in [2.05, 4.69) is 25.3 Å². The molecule has 96 valence electrons. The Bertz CT molecular complexity index is 531. The molecular weight excluding hydrogens is 238 g/mol. The number of H-pyrrole nitrogens is 1. The van der Waals surface area contributed by atoms with Crippen LogP contribution in [0.25, 0.3) is 11.6 Å². The zero-order valence-corrected chi connectivity index (χ0v) is 10.0. The van der Waals surface area contributed by atoms with Crippen LogP contribution in [0.4, 0.5) is 0 Å². The lowest BCUT2D eigenvalue weighted by Crippen LogP contribution is -2.19. The van der Waals surface area contributed by atoms with Crippen molar-refractivity contribution in [2.75, 3.05) is 0 Å². The van der Waals surface area contributed by atoms with E-state index in [-0.39, 0.29) is 6.42 Å². The molecule has 0 spiro atoms. The first-order valence-corrected chi connectivity index (χ1v) is 5.36. The summed E-state index contributed by atoms with van der Waals surface area (Å²) >= 11 is 0. The Morgan fingerprint density at radius 2 is 2.33 bits per heavy atom. The van der Waals surface area contributed by atoms with Crippen molar-refractivity contribution in [1.82, 2.24) is 25.3 Å². The summed E-state index contributed by atoms with van der Waals surface area (Å²) in [6.07, 6.45) is 1.77. The largest absolute Gasteiger partial charge is 0.481 e. The summed E-state index contributed by atoms with van der Waals surface area (Å²) in [5.74, 6) is 0.261. The van der Waals surface area contributed by atoms with Gasteiger partial charge in [-0.15, -0.1) is 0 Å². The molecule has 2 heterocycles. The maximum absolute atomic E-state index is 10.7. The number of carbonyl (C=O) groups is 1. The highest BCUT2D eigenvalue weighted by Crippen LogP contribution is 2.25. The van der Waals surface area contributed by atoms with Gasteiger partial charge in [0.25, 0.3) is 0 Å². The number of carboxylic acid groups (broad SMARTS) is 1. The van der Waals surface area contributed by atoms with Gasteiger partial charge in [-0.05, 0) is 5.41 Å². The lowest BCUT2D eigenvalue weighted by molar-refractivity contribution is -0.139. The van der Waals surface area contributed by atoms with E-state index in [1.807, 2.05) is 13.8 Å². The van der Waals surface area contributed by atoms with Crippen molar-refractivity contribution in [2.24, 2.45) is 5.41 Å². The second-order valence-corrected chi connectivity index (χ2v) is 4.76. The molecule has 0 bridgehead atoms.